The molecular weight excluding hydrogens is 300 g/mol. The monoisotopic (exact) mass is 320 g/mol. The summed E-state index contributed by atoms with van der Waals surface area (Å²) in [7, 11) is 0. The molecule has 1 aliphatic heterocycles. The molecular formula is C16H20N2O5. The number of carboxylic acid groups (broad SMARTS) is 1. The van der Waals surface area contributed by atoms with E-state index in [-0.39, 0.29) is 12.5 Å². The van der Waals surface area contributed by atoms with E-state index in [0.29, 0.717) is 12.0 Å². The average molecular weight is 320 g/mol. The highest BCUT2D eigenvalue weighted by Crippen LogP contribution is 2.23. The summed E-state index contributed by atoms with van der Waals surface area (Å²) < 4.78 is 0. The van der Waals surface area contributed by atoms with Gasteiger partial charge in [-0.2, -0.15) is 0 Å². The molecule has 23 heavy (non-hydrogen) atoms. The molecule has 3 N–H and O–H groups in total. The van der Waals surface area contributed by atoms with E-state index in [2.05, 4.69) is 5.32 Å². The molecule has 2 amide bonds. The molecule has 1 aromatic carbocycles. The standard InChI is InChI=1S/C16H20N2O5/c1-9(19)14(13(16(22)23)17-10(2)20)18-8-7-11-5-3-4-6-12(11)15(18)21/h3-6,9,13-14,19H,7-8H2,1-2H3,(H,17,20)(H,22,23). The number of benzene rings is 1. The molecule has 0 bridgehead atoms. The van der Waals surface area contributed by atoms with Gasteiger partial charge in [-0.25, -0.2) is 4.79 Å². The topological polar surface area (TPSA) is 107 Å². The fourth-order valence-electron chi connectivity index (χ4n) is 2.96. The smallest absolute Gasteiger partial charge is 0.328 e. The molecule has 3 atom stereocenters. The molecule has 0 radical (unpaired) electrons. The first-order valence-corrected chi connectivity index (χ1v) is 7.39. The molecule has 0 spiro atoms. The van der Waals surface area contributed by atoms with Gasteiger partial charge in [0.1, 0.15) is 6.04 Å². The maximum absolute atomic E-state index is 12.7. The molecule has 0 aliphatic carbocycles. The van der Waals surface area contributed by atoms with Crippen molar-refractivity contribution in [2.45, 2.75) is 38.5 Å². The second-order valence-electron chi connectivity index (χ2n) is 5.65. The number of aliphatic carboxylic acids is 1. The molecule has 2 rings (SSSR count). The second-order valence-corrected chi connectivity index (χ2v) is 5.65. The quantitative estimate of drug-likeness (QED) is 0.709. The van der Waals surface area contributed by atoms with Crippen molar-refractivity contribution in [3.8, 4) is 0 Å². The summed E-state index contributed by atoms with van der Waals surface area (Å²) in [5, 5.41) is 21.8. The SMILES string of the molecule is CC(=O)NC(C(=O)O)C(C(C)O)N1CCc2ccccc2C1=O. The molecule has 0 saturated heterocycles. The van der Waals surface area contributed by atoms with Crippen LogP contribution in [0.4, 0.5) is 0 Å². The molecule has 0 aromatic heterocycles. The van der Waals surface area contributed by atoms with Crippen molar-refractivity contribution in [3.05, 3.63) is 35.4 Å². The van der Waals surface area contributed by atoms with Gasteiger partial charge in [0.25, 0.3) is 5.91 Å². The van der Waals surface area contributed by atoms with Crippen molar-refractivity contribution in [2.24, 2.45) is 0 Å². The Morgan fingerprint density at radius 2 is 1.96 bits per heavy atom. The first-order chi connectivity index (χ1) is 10.8. The lowest BCUT2D eigenvalue weighted by molar-refractivity contribution is -0.144. The summed E-state index contributed by atoms with van der Waals surface area (Å²) in [5.41, 5.74) is 1.39. The van der Waals surface area contributed by atoms with Crippen LogP contribution >= 0.6 is 0 Å². The minimum Gasteiger partial charge on any atom is -0.480 e. The van der Waals surface area contributed by atoms with Crippen molar-refractivity contribution < 1.29 is 24.6 Å². The summed E-state index contributed by atoms with van der Waals surface area (Å²) in [6.45, 7) is 2.90. The first kappa shape index (κ1) is 17.0. The van der Waals surface area contributed by atoms with Crippen molar-refractivity contribution >= 4 is 17.8 Å². The lowest BCUT2D eigenvalue weighted by Gasteiger charge is -2.39. The van der Waals surface area contributed by atoms with E-state index in [1.54, 1.807) is 12.1 Å². The third kappa shape index (κ3) is 3.50. The molecule has 7 nitrogen and oxygen atoms in total. The zero-order valence-electron chi connectivity index (χ0n) is 13.0. The summed E-state index contributed by atoms with van der Waals surface area (Å²) >= 11 is 0. The van der Waals surface area contributed by atoms with Crippen LogP contribution < -0.4 is 5.32 Å². The first-order valence-electron chi connectivity index (χ1n) is 7.39. The number of rotatable bonds is 5. The van der Waals surface area contributed by atoms with E-state index < -0.39 is 30.1 Å². The number of hydrogen-bond acceptors (Lipinski definition) is 4. The molecule has 7 heteroatoms. The van der Waals surface area contributed by atoms with Gasteiger partial charge in [-0.1, -0.05) is 18.2 Å². The molecule has 0 fully saturated rings. The number of nitrogens with one attached hydrogen (secondary N) is 1. The minimum atomic E-state index is -1.37. The van der Waals surface area contributed by atoms with Gasteiger partial charge in [0.15, 0.2) is 0 Å². The molecule has 3 unspecified atom stereocenters. The van der Waals surface area contributed by atoms with Gasteiger partial charge in [0.2, 0.25) is 5.91 Å². The van der Waals surface area contributed by atoms with E-state index >= 15 is 0 Å². The maximum Gasteiger partial charge on any atom is 0.328 e. The van der Waals surface area contributed by atoms with Gasteiger partial charge in [-0.3, -0.25) is 9.59 Å². The second kappa shape index (κ2) is 6.78. The van der Waals surface area contributed by atoms with Crippen LogP contribution in [0.5, 0.6) is 0 Å². The van der Waals surface area contributed by atoms with Gasteiger partial charge >= 0.3 is 5.97 Å². The zero-order chi connectivity index (χ0) is 17.1. The van der Waals surface area contributed by atoms with Gasteiger partial charge < -0.3 is 20.4 Å². The predicted molar refractivity (Wildman–Crippen MR) is 81.9 cm³/mol. The zero-order valence-corrected chi connectivity index (χ0v) is 13.0. The summed E-state index contributed by atoms with van der Waals surface area (Å²) in [4.78, 5) is 36.8. The van der Waals surface area contributed by atoms with Gasteiger partial charge in [0, 0.05) is 19.0 Å². The Labute approximate surface area is 133 Å². The Kier molecular flexibility index (Phi) is 5.00. The number of hydrogen-bond donors (Lipinski definition) is 3. The Balaban J connectivity index is 2.36. The molecule has 1 heterocycles. The van der Waals surface area contributed by atoms with E-state index in [1.807, 2.05) is 12.1 Å². The lowest BCUT2D eigenvalue weighted by atomic mass is 9.93. The van der Waals surface area contributed by atoms with E-state index in [1.165, 1.54) is 18.7 Å². The van der Waals surface area contributed by atoms with Crippen LogP contribution in [0, 0.1) is 0 Å². The molecule has 1 aliphatic rings. The Morgan fingerprint density at radius 3 is 2.52 bits per heavy atom. The van der Waals surface area contributed by atoms with Crippen molar-refractivity contribution in [1.82, 2.24) is 10.2 Å². The average Bonchev–Trinajstić information content (AvgIpc) is 2.48. The highest BCUT2D eigenvalue weighted by atomic mass is 16.4. The molecule has 0 saturated carbocycles. The number of aliphatic hydroxyl groups is 1. The number of fused-ring (bicyclic) bond motifs is 1. The third-order valence-corrected chi connectivity index (χ3v) is 3.95. The van der Waals surface area contributed by atoms with Crippen molar-refractivity contribution in [2.75, 3.05) is 6.54 Å². The summed E-state index contributed by atoms with van der Waals surface area (Å²) in [6.07, 6.45) is -0.547. The van der Waals surface area contributed by atoms with Crippen LogP contribution in [0.25, 0.3) is 0 Å². The number of carboxylic acids is 1. The highest BCUT2D eigenvalue weighted by Gasteiger charge is 2.41. The van der Waals surface area contributed by atoms with Gasteiger partial charge in [0.05, 0.1) is 12.1 Å². The lowest BCUT2D eigenvalue weighted by Crippen LogP contribution is -2.62. The molecule has 124 valence electrons. The third-order valence-electron chi connectivity index (χ3n) is 3.95. The predicted octanol–water partition coefficient (Wildman–Crippen LogP) is 0.0236. The number of carbonyl (C=O) groups is 3. The largest absolute Gasteiger partial charge is 0.480 e. The number of carbonyl (C=O) groups excluding carboxylic acids is 2. The van der Waals surface area contributed by atoms with Gasteiger partial charge in [-0.15, -0.1) is 0 Å². The van der Waals surface area contributed by atoms with Crippen LogP contribution in [0.15, 0.2) is 24.3 Å². The van der Waals surface area contributed by atoms with E-state index in [9.17, 15) is 24.6 Å². The van der Waals surface area contributed by atoms with E-state index in [4.69, 9.17) is 0 Å². The van der Waals surface area contributed by atoms with Crippen LogP contribution in [0.1, 0.15) is 29.8 Å². The van der Waals surface area contributed by atoms with Crippen LogP contribution in [-0.4, -0.2) is 57.6 Å². The number of aliphatic hydroxyl groups excluding tert-OH is 1. The molecule has 1 aromatic rings. The van der Waals surface area contributed by atoms with E-state index in [0.717, 1.165) is 5.56 Å². The van der Waals surface area contributed by atoms with Gasteiger partial charge in [-0.05, 0) is 25.0 Å². The fourth-order valence-corrected chi connectivity index (χ4v) is 2.96. The Bertz CT molecular complexity index is 629. The Morgan fingerprint density at radius 1 is 1.30 bits per heavy atom. The highest BCUT2D eigenvalue weighted by molar-refractivity contribution is 5.97. The fraction of sp³-hybridized carbons (Fsp3) is 0.438. The number of nitrogens with zero attached hydrogens (tertiary/aromatic N) is 1. The Hall–Kier alpha value is -2.41. The number of amides is 2. The van der Waals surface area contributed by atoms with Crippen molar-refractivity contribution in [3.63, 3.8) is 0 Å². The van der Waals surface area contributed by atoms with Crippen LogP contribution in [0.3, 0.4) is 0 Å². The van der Waals surface area contributed by atoms with Crippen LogP contribution in [-0.2, 0) is 16.0 Å². The van der Waals surface area contributed by atoms with Crippen molar-refractivity contribution in [1.29, 1.82) is 0 Å². The van der Waals surface area contributed by atoms with Crippen LogP contribution in [0.2, 0.25) is 0 Å². The minimum absolute atomic E-state index is 0.286. The maximum atomic E-state index is 12.7. The summed E-state index contributed by atoms with van der Waals surface area (Å²) in [5.74, 6) is -2.17. The summed E-state index contributed by atoms with van der Waals surface area (Å²) in [6, 6.07) is 4.69. The normalized spacial score (nSPS) is 17.9.